The lowest BCUT2D eigenvalue weighted by Gasteiger charge is -2.48. The van der Waals surface area contributed by atoms with E-state index in [1.165, 1.54) is 7.11 Å². The van der Waals surface area contributed by atoms with Crippen LogP contribution in [0.2, 0.25) is 0 Å². The maximum Gasteiger partial charge on any atom is 0.187 e. The van der Waals surface area contributed by atoms with Crippen LogP contribution in [0.5, 0.6) is 0 Å². The fourth-order valence-electron chi connectivity index (χ4n) is 4.19. The first-order valence-corrected chi connectivity index (χ1v) is 11.0. The maximum atomic E-state index is 10.7. The van der Waals surface area contributed by atoms with Crippen molar-refractivity contribution in [3.63, 3.8) is 0 Å². The van der Waals surface area contributed by atoms with Gasteiger partial charge in [0.25, 0.3) is 0 Å². The summed E-state index contributed by atoms with van der Waals surface area (Å²) in [4.78, 5) is 0. The van der Waals surface area contributed by atoms with E-state index in [4.69, 9.17) is 28.4 Å². The second kappa shape index (κ2) is 12.3. The first-order valence-electron chi connectivity index (χ1n) is 11.0. The Morgan fingerprint density at radius 1 is 0.486 bits per heavy atom. The monoisotopic (exact) mass is 518 g/mol. The molecule has 0 saturated carbocycles. The normalized spacial score (nSPS) is 51.3. The molecule has 0 aliphatic carbocycles. The number of aliphatic hydroxyl groups is 10. The highest BCUT2D eigenvalue weighted by atomic mass is 16.8. The average molecular weight is 518 g/mol. The van der Waals surface area contributed by atoms with Crippen molar-refractivity contribution >= 4 is 0 Å². The largest absolute Gasteiger partial charge is 0.394 e. The number of hydrogen-bond donors (Lipinski definition) is 10. The first kappa shape index (κ1) is 28.9. The summed E-state index contributed by atoms with van der Waals surface area (Å²) in [6, 6.07) is 0. The molecule has 0 aromatic rings. The Bertz CT molecular complexity index is 652. The molecule has 0 aromatic heterocycles. The van der Waals surface area contributed by atoms with E-state index in [0.29, 0.717) is 0 Å². The predicted octanol–water partition coefficient (Wildman–Crippen LogP) is -6.92. The van der Waals surface area contributed by atoms with Crippen LogP contribution >= 0.6 is 0 Å². The van der Waals surface area contributed by atoms with Gasteiger partial charge in [0.15, 0.2) is 18.9 Å². The minimum absolute atomic E-state index is 0.648. The highest BCUT2D eigenvalue weighted by Crippen LogP contribution is 2.33. The first-order chi connectivity index (χ1) is 16.6. The van der Waals surface area contributed by atoms with Gasteiger partial charge in [-0.25, -0.2) is 0 Å². The Labute approximate surface area is 199 Å². The van der Waals surface area contributed by atoms with Gasteiger partial charge in [-0.2, -0.15) is 0 Å². The molecule has 0 aromatic carbocycles. The summed E-state index contributed by atoms with van der Waals surface area (Å²) in [5.74, 6) is 0. The minimum Gasteiger partial charge on any atom is -0.394 e. The Morgan fingerprint density at radius 2 is 0.857 bits per heavy atom. The van der Waals surface area contributed by atoms with Gasteiger partial charge >= 0.3 is 0 Å². The molecule has 3 aliphatic heterocycles. The fraction of sp³-hybridized carbons (Fsp3) is 1.00. The summed E-state index contributed by atoms with van der Waals surface area (Å²) in [5.41, 5.74) is 0. The lowest BCUT2D eigenvalue weighted by atomic mass is 9.96. The van der Waals surface area contributed by atoms with E-state index in [1.807, 2.05) is 0 Å². The molecule has 16 heteroatoms. The van der Waals surface area contributed by atoms with Crippen molar-refractivity contribution in [1.82, 2.24) is 0 Å². The summed E-state index contributed by atoms with van der Waals surface area (Å²) in [6.45, 7) is -2.17. The summed E-state index contributed by atoms with van der Waals surface area (Å²) >= 11 is 0. The van der Waals surface area contributed by atoms with Gasteiger partial charge < -0.3 is 79.5 Å². The lowest BCUT2D eigenvalue weighted by Crippen LogP contribution is -2.67. The molecular weight excluding hydrogens is 484 g/mol. The summed E-state index contributed by atoms with van der Waals surface area (Å²) < 4.78 is 32.4. The topological polar surface area (TPSA) is 258 Å². The molecule has 3 rings (SSSR count). The van der Waals surface area contributed by atoms with E-state index in [1.54, 1.807) is 0 Å². The highest BCUT2D eigenvalue weighted by molar-refractivity contribution is 4.96. The van der Waals surface area contributed by atoms with Crippen LogP contribution in [0, 0.1) is 0 Å². The second-order valence-corrected chi connectivity index (χ2v) is 8.55. The summed E-state index contributed by atoms with van der Waals surface area (Å²) in [7, 11) is 1.19. The van der Waals surface area contributed by atoms with Crippen molar-refractivity contribution < 1.29 is 79.5 Å². The van der Waals surface area contributed by atoms with Gasteiger partial charge in [-0.15, -0.1) is 0 Å². The molecule has 206 valence electrons. The van der Waals surface area contributed by atoms with Gasteiger partial charge in [0, 0.05) is 7.11 Å². The SMILES string of the molecule is CO[C@H]1O[C@H](CO)[C@@H](O)[C@H](O)[C@@H]1O[C@@H]1O[C@H](CO)[C@@H](O)[C@H](O)[C@@H]1O[C@@H]1O[C@H](CO)[C@@H](O)[C@H](O)[C@@H]1O. The van der Waals surface area contributed by atoms with Crippen LogP contribution in [0.15, 0.2) is 0 Å². The summed E-state index contributed by atoms with van der Waals surface area (Å²) in [6.07, 6.45) is -24.2. The van der Waals surface area contributed by atoms with Crippen molar-refractivity contribution in [2.75, 3.05) is 26.9 Å². The van der Waals surface area contributed by atoms with Crippen LogP contribution in [-0.4, -0.2) is 170 Å². The number of ether oxygens (including phenoxy) is 6. The molecule has 3 saturated heterocycles. The van der Waals surface area contributed by atoms with Crippen LogP contribution < -0.4 is 0 Å². The smallest absolute Gasteiger partial charge is 0.187 e. The molecule has 10 N–H and O–H groups in total. The quantitative estimate of drug-likeness (QED) is 0.143. The van der Waals surface area contributed by atoms with Crippen molar-refractivity contribution in [2.45, 2.75) is 92.1 Å². The standard InChI is InChI=1S/C19H34O16/c1-30-18-15(12(27)9(24)6(3-21)32-18)35-19-16(13(28)10(25)7(4-22)33-19)34-17-14(29)11(26)8(23)5(2-20)31-17/h5-29H,2-4H2,1H3/t5-,6-,7-,8-,9-,10-,11+,12+,13+,14+,15+,16+,17+,18+,19+/m1/s1. The van der Waals surface area contributed by atoms with Crippen molar-refractivity contribution in [3.05, 3.63) is 0 Å². The van der Waals surface area contributed by atoms with Gasteiger partial charge in [-0.3, -0.25) is 0 Å². The van der Waals surface area contributed by atoms with Crippen LogP contribution in [0.3, 0.4) is 0 Å². The van der Waals surface area contributed by atoms with Gasteiger partial charge in [0.1, 0.15) is 73.2 Å². The Kier molecular flexibility index (Phi) is 10.1. The number of aliphatic hydroxyl groups excluding tert-OH is 10. The molecule has 15 atom stereocenters. The summed E-state index contributed by atoms with van der Waals surface area (Å²) in [5, 5.41) is 100. The molecule has 0 radical (unpaired) electrons. The van der Waals surface area contributed by atoms with E-state index in [-0.39, 0.29) is 0 Å². The zero-order valence-electron chi connectivity index (χ0n) is 18.7. The van der Waals surface area contributed by atoms with Crippen molar-refractivity contribution in [3.8, 4) is 0 Å². The van der Waals surface area contributed by atoms with Gasteiger partial charge in [0.05, 0.1) is 19.8 Å². The number of methoxy groups -OCH3 is 1. The van der Waals surface area contributed by atoms with Gasteiger partial charge in [0.2, 0.25) is 0 Å². The average Bonchev–Trinajstić information content (AvgIpc) is 2.86. The van der Waals surface area contributed by atoms with Crippen molar-refractivity contribution in [1.29, 1.82) is 0 Å². The third-order valence-electron chi connectivity index (χ3n) is 6.31. The maximum absolute atomic E-state index is 10.7. The van der Waals surface area contributed by atoms with Crippen LogP contribution in [0.1, 0.15) is 0 Å². The molecule has 0 amide bonds. The molecular formula is C19H34O16. The minimum atomic E-state index is -1.86. The Morgan fingerprint density at radius 3 is 1.31 bits per heavy atom. The fourth-order valence-corrected chi connectivity index (χ4v) is 4.19. The third-order valence-corrected chi connectivity index (χ3v) is 6.31. The zero-order valence-corrected chi connectivity index (χ0v) is 18.7. The molecule has 3 fully saturated rings. The van der Waals surface area contributed by atoms with E-state index in [2.05, 4.69) is 0 Å². The molecule has 3 aliphatic rings. The number of rotatable bonds is 8. The molecule has 3 heterocycles. The predicted molar refractivity (Wildman–Crippen MR) is 106 cm³/mol. The Hall–Kier alpha value is -0.640. The lowest BCUT2D eigenvalue weighted by molar-refractivity contribution is -0.392. The van der Waals surface area contributed by atoms with E-state index in [9.17, 15) is 51.1 Å². The van der Waals surface area contributed by atoms with E-state index < -0.39 is 112 Å². The molecule has 35 heavy (non-hydrogen) atoms. The number of hydrogen-bond acceptors (Lipinski definition) is 16. The van der Waals surface area contributed by atoms with Gasteiger partial charge in [-0.05, 0) is 0 Å². The third kappa shape index (κ3) is 5.78. The van der Waals surface area contributed by atoms with Crippen LogP contribution in [0.4, 0.5) is 0 Å². The van der Waals surface area contributed by atoms with Crippen LogP contribution in [0.25, 0.3) is 0 Å². The highest BCUT2D eigenvalue weighted by Gasteiger charge is 2.53. The van der Waals surface area contributed by atoms with Gasteiger partial charge in [-0.1, -0.05) is 0 Å². The molecule has 0 spiro atoms. The molecule has 0 bridgehead atoms. The van der Waals surface area contributed by atoms with E-state index >= 15 is 0 Å². The van der Waals surface area contributed by atoms with Crippen molar-refractivity contribution in [2.24, 2.45) is 0 Å². The zero-order chi connectivity index (χ0) is 26.0. The van der Waals surface area contributed by atoms with Crippen LogP contribution in [-0.2, 0) is 28.4 Å². The molecule has 0 unspecified atom stereocenters. The Balaban J connectivity index is 1.84. The molecule has 16 nitrogen and oxygen atoms in total. The van der Waals surface area contributed by atoms with E-state index in [0.717, 1.165) is 0 Å². The second-order valence-electron chi connectivity index (χ2n) is 8.55.